The normalized spacial score (nSPS) is 11.6. The van der Waals surface area contributed by atoms with Crippen LogP contribution in [0.2, 0.25) is 0 Å². The summed E-state index contributed by atoms with van der Waals surface area (Å²) in [6, 6.07) is 17.9. The van der Waals surface area contributed by atoms with Gasteiger partial charge in [-0.1, -0.05) is 18.2 Å². The lowest BCUT2D eigenvalue weighted by atomic mass is 9.87. The largest absolute Gasteiger partial charge is 0.335 e. The first-order valence-corrected chi connectivity index (χ1v) is 12.0. The molecule has 0 radical (unpaired) electrons. The fourth-order valence-corrected chi connectivity index (χ4v) is 5.21. The Morgan fingerprint density at radius 2 is 1.39 bits per heavy atom. The van der Waals surface area contributed by atoms with Gasteiger partial charge in [0.25, 0.3) is 0 Å². The molecule has 0 bridgehead atoms. The molecule has 7 nitrogen and oxygen atoms in total. The maximum absolute atomic E-state index is 13.2. The van der Waals surface area contributed by atoms with Crippen molar-refractivity contribution >= 4 is 44.6 Å². The third-order valence-electron chi connectivity index (χ3n) is 6.85. The first-order valence-electron chi connectivity index (χ1n) is 12.0. The van der Waals surface area contributed by atoms with Crippen molar-refractivity contribution in [1.29, 1.82) is 0 Å². The number of amides is 1. The monoisotopic (exact) mass is 474 g/mol. The molecule has 6 rings (SSSR count). The summed E-state index contributed by atoms with van der Waals surface area (Å²) in [4.78, 5) is 26.8. The first-order chi connectivity index (χ1) is 17.6. The summed E-state index contributed by atoms with van der Waals surface area (Å²) in [5.41, 5.74) is 5.72. The number of benzene rings is 1. The molecule has 178 valence electrons. The molecule has 5 heterocycles. The quantitative estimate of drug-likeness (QED) is 0.343. The van der Waals surface area contributed by atoms with Gasteiger partial charge in [0.05, 0.1) is 11.2 Å². The highest BCUT2D eigenvalue weighted by Gasteiger charge is 2.24. The third kappa shape index (κ3) is 3.79. The van der Waals surface area contributed by atoms with E-state index in [4.69, 9.17) is 0 Å². The van der Waals surface area contributed by atoms with Crippen LogP contribution in [0.5, 0.6) is 0 Å². The molecule has 0 spiro atoms. The van der Waals surface area contributed by atoms with Gasteiger partial charge in [-0.3, -0.25) is 9.78 Å². The van der Waals surface area contributed by atoms with Crippen molar-refractivity contribution in [3.8, 4) is 0 Å². The van der Waals surface area contributed by atoms with Crippen molar-refractivity contribution in [2.45, 2.75) is 18.8 Å². The number of aromatic nitrogens is 5. The molecule has 0 unspecified atom stereocenters. The van der Waals surface area contributed by atoms with Crippen molar-refractivity contribution in [3.05, 3.63) is 96.7 Å². The third-order valence-corrected chi connectivity index (χ3v) is 6.85. The van der Waals surface area contributed by atoms with Gasteiger partial charge >= 0.3 is 0 Å². The number of hydrogen-bond donors (Lipinski definition) is 1. The zero-order valence-corrected chi connectivity index (χ0v) is 20.2. The first kappa shape index (κ1) is 22.0. The minimum atomic E-state index is -0.0325. The lowest BCUT2D eigenvalue weighted by molar-refractivity contribution is -0.116. The number of hydrogen-bond acceptors (Lipinski definition) is 4. The van der Waals surface area contributed by atoms with Crippen LogP contribution in [0.25, 0.3) is 33.0 Å². The van der Waals surface area contributed by atoms with Gasteiger partial charge in [-0.05, 0) is 53.9 Å². The Bertz CT molecular complexity index is 1650. The zero-order valence-electron chi connectivity index (χ0n) is 20.2. The minimum Gasteiger partial charge on any atom is -0.335 e. The van der Waals surface area contributed by atoms with E-state index in [1.807, 2.05) is 69.0 Å². The van der Waals surface area contributed by atoms with Crippen LogP contribution in [-0.2, 0) is 18.9 Å². The van der Waals surface area contributed by atoms with Gasteiger partial charge in [0.2, 0.25) is 5.91 Å². The van der Waals surface area contributed by atoms with Crippen LogP contribution in [0.3, 0.4) is 0 Å². The molecular formula is C29H26N6O. The fraction of sp³-hybridized carbons (Fsp3) is 0.172. The molecule has 0 saturated heterocycles. The van der Waals surface area contributed by atoms with E-state index in [0.717, 1.165) is 49.8 Å². The van der Waals surface area contributed by atoms with Gasteiger partial charge in [0.15, 0.2) is 0 Å². The Morgan fingerprint density at radius 1 is 0.806 bits per heavy atom. The number of para-hydroxylation sites is 1. The number of nitrogens with zero attached hydrogens (tertiary/aromatic N) is 5. The highest BCUT2D eigenvalue weighted by atomic mass is 16.1. The second-order valence-corrected chi connectivity index (χ2v) is 9.16. The Morgan fingerprint density at radius 3 is 2.06 bits per heavy atom. The summed E-state index contributed by atoms with van der Waals surface area (Å²) in [6.07, 6.45) is 10.7. The average molecular weight is 475 g/mol. The molecule has 0 aliphatic carbocycles. The summed E-state index contributed by atoms with van der Waals surface area (Å²) in [5, 5.41) is 6.29. The number of pyridine rings is 3. The maximum Gasteiger partial charge on any atom is 0.224 e. The maximum atomic E-state index is 13.2. The lowest BCUT2D eigenvalue weighted by Gasteiger charge is -2.17. The number of anilines is 1. The van der Waals surface area contributed by atoms with Crippen LogP contribution >= 0.6 is 0 Å². The van der Waals surface area contributed by atoms with Crippen LogP contribution < -0.4 is 5.32 Å². The van der Waals surface area contributed by atoms with E-state index in [9.17, 15) is 4.79 Å². The Hall–Kier alpha value is -4.52. The SMILES string of the molecule is Cn1cc(C(CCC(=O)Nc2cccc3cccnc23)c2cn(C)c3ncccc23)c2cccnc21. The fourth-order valence-electron chi connectivity index (χ4n) is 5.21. The molecule has 0 fully saturated rings. The molecule has 5 aromatic heterocycles. The highest BCUT2D eigenvalue weighted by molar-refractivity contribution is 6.00. The molecule has 7 heteroatoms. The Labute approximate surface area is 208 Å². The summed E-state index contributed by atoms with van der Waals surface area (Å²) >= 11 is 0. The Kier molecular flexibility index (Phi) is 5.45. The number of aryl methyl sites for hydroxylation is 2. The van der Waals surface area contributed by atoms with E-state index in [1.165, 1.54) is 0 Å². The standard InChI is InChI=1S/C29H26N6O/c1-34-17-23(21-9-5-15-31-28(21)34)20(24-18-35(2)29-22(24)10-6-16-32-29)12-13-26(36)33-25-11-3-7-19-8-4-14-30-27(19)25/h3-11,14-18,20H,12-13H2,1-2H3,(H,33,36). The number of fused-ring (bicyclic) bond motifs is 3. The molecule has 1 aromatic carbocycles. The molecule has 0 aliphatic rings. The zero-order chi connectivity index (χ0) is 24.6. The molecule has 0 aliphatic heterocycles. The van der Waals surface area contributed by atoms with Crippen LogP contribution in [0.1, 0.15) is 29.9 Å². The predicted molar refractivity (Wildman–Crippen MR) is 143 cm³/mol. The van der Waals surface area contributed by atoms with Gasteiger partial charge in [-0.25, -0.2) is 9.97 Å². The van der Waals surface area contributed by atoms with E-state index in [2.05, 4.69) is 53.9 Å². The van der Waals surface area contributed by atoms with Crippen molar-refractivity contribution in [3.63, 3.8) is 0 Å². The van der Waals surface area contributed by atoms with Crippen molar-refractivity contribution in [2.24, 2.45) is 14.1 Å². The van der Waals surface area contributed by atoms with Crippen molar-refractivity contribution < 1.29 is 4.79 Å². The predicted octanol–water partition coefficient (Wildman–Crippen LogP) is 5.56. The second kappa shape index (κ2) is 8.92. The molecule has 1 amide bonds. The van der Waals surface area contributed by atoms with E-state index < -0.39 is 0 Å². The minimum absolute atomic E-state index is 0.00203. The summed E-state index contributed by atoms with van der Waals surface area (Å²) in [7, 11) is 4.03. The molecule has 36 heavy (non-hydrogen) atoms. The van der Waals surface area contributed by atoms with Gasteiger partial charge in [-0.15, -0.1) is 0 Å². The van der Waals surface area contributed by atoms with E-state index in [-0.39, 0.29) is 11.8 Å². The number of rotatable bonds is 6. The summed E-state index contributed by atoms with van der Waals surface area (Å²) in [5.74, 6) is -0.0305. The highest BCUT2D eigenvalue weighted by Crippen LogP contribution is 2.38. The molecule has 6 aromatic rings. The topological polar surface area (TPSA) is 77.6 Å². The lowest BCUT2D eigenvalue weighted by Crippen LogP contribution is -2.14. The van der Waals surface area contributed by atoms with Crippen LogP contribution in [0.4, 0.5) is 5.69 Å². The number of nitrogens with one attached hydrogen (secondary N) is 1. The molecule has 1 N–H and O–H groups in total. The average Bonchev–Trinajstić information content (AvgIpc) is 3.42. The number of carbonyl (C=O) groups excluding carboxylic acids is 1. The van der Waals surface area contributed by atoms with E-state index in [0.29, 0.717) is 12.8 Å². The van der Waals surface area contributed by atoms with Crippen LogP contribution in [-0.4, -0.2) is 30.0 Å². The van der Waals surface area contributed by atoms with Gasteiger partial charge < -0.3 is 14.5 Å². The summed E-state index contributed by atoms with van der Waals surface area (Å²) < 4.78 is 4.12. The van der Waals surface area contributed by atoms with Gasteiger partial charge in [0.1, 0.15) is 11.3 Å². The Balaban J connectivity index is 1.36. The van der Waals surface area contributed by atoms with Gasteiger partial charge in [0, 0.05) is 73.6 Å². The summed E-state index contributed by atoms with van der Waals surface area (Å²) in [6.45, 7) is 0. The van der Waals surface area contributed by atoms with Gasteiger partial charge in [-0.2, -0.15) is 0 Å². The van der Waals surface area contributed by atoms with Crippen LogP contribution in [0, 0.1) is 0 Å². The van der Waals surface area contributed by atoms with E-state index >= 15 is 0 Å². The number of carbonyl (C=O) groups is 1. The van der Waals surface area contributed by atoms with E-state index in [1.54, 1.807) is 6.20 Å². The molecule has 0 saturated carbocycles. The van der Waals surface area contributed by atoms with Crippen LogP contribution in [0.15, 0.2) is 85.6 Å². The molecular weight excluding hydrogens is 448 g/mol. The van der Waals surface area contributed by atoms with Crippen molar-refractivity contribution in [2.75, 3.05) is 5.32 Å². The smallest absolute Gasteiger partial charge is 0.224 e. The van der Waals surface area contributed by atoms with Crippen molar-refractivity contribution in [1.82, 2.24) is 24.1 Å². The second-order valence-electron chi connectivity index (χ2n) is 9.16. The molecule has 0 atom stereocenters.